The van der Waals surface area contributed by atoms with Gasteiger partial charge in [0.1, 0.15) is 0 Å². The molecule has 0 atom stereocenters. The van der Waals surface area contributed by atoms with Crippen LogP contribution in [-0.2, 0) is 9.47 Å². The fourth-order valence-electron chi connectivity index (χ4n) is 2.61. The predicted octanol–water partition coefficient (Wildman–Crippen LogP) is 8.81. The molecule has 0 spiro atoms. The molecule has 2 aromatic carbocycles. The van der Waals surface area contributed by atoms with Crippen molar-refractivity contribution in [1.82, 2.24) is 0 Å². The summed E-state index contributed by atoms with van der Waals surface area (Å²) >= 11 is 3.46. The lowest BCUT2D eigenvalue weighted by molar-refractivity contribution is 0.234. The van der Waals surface area contributed by atoms with Gasteiger partial charge in [0.15, 0.2) is 0 Å². The van der Waals surface area contributed by atoms with Crippen LogP contribution >= 0.6 is 15.9 Å². The summed E-state index contributed by atoms with van der Waals surface area (Å²) in [6, 6.07) is 16.3. The Hall–Kier alpha value is -2.56. The molecule has 0 fully saturated rings. The molecule has 188 valence electrons. The minimum absolute atomic E-state index is 0.637. The van der Waals surface area contributed by atoms with Crippen molar-refractivity contribution >= 4 is 28.1 Å². The first-order valence-corrected chi connectivity index (χ1v) is 13.0. The molecule has 0 unspecified atom stereocenters. The molecule has 0 saturated heterocycles. The summed E-state index contributed by atoms with van der Waals surface area (Å²) in [5, 5.41) is 0. The summed E-state index contributed by atoms with van der Waals surface area (Å²) in [5.41, 5.74) is 3.43. The molecule has 0 radical (unpaired) electrons. The van der Waals surface area contributed by atoms with Crippen molar-refractivity contribution in [3.63, 3.8) is 0 Å². The van der Waals surface area contributed by atoms with Crippen LogP contribution in [0.25, 0.3) is 12.2 Å². The molecule has 0 aliphatic rings. The summed E-state index contributed by atoms with van der Waals surface area (Å²) in [7, 11) is 3.38. The van der Waals surface area contributed by atoms with E-state index in [9.17, 15) is 0 Å². The van der Waals surface area contributed by atoms with E-state index in [1.165, 1.54) is 31.2 Å². The summed E-state index contributed by atoms with van der Waals surface area (Å²) < 4.78 is 11.0. The van der Waals surface area contributed by atoms with Gasteiger partial charge in [0.2, 0.25) is 0 Å². The molecule has 0 aliphatic carbocycles. The zero-order chi connectivity index (χ0) is 26.0. The average molecular weight is 538 g/mol. The lowest BCUT2D eigenvalue weighted by Gasteiger charge is -1.98. The third-order valence-corrected chi connectivity index (χ3v) is 5.26. The standard InChI is InChI=1S/C16H20O.C10H11BrO.C6H10/c1-3-4-5-6-10-15-11-7-8-12-16(15)13-9-14-17-2;1-12-8-4-6-9-5-2-3-7-10(9)11;1-3-5-6-4-2/h7-9,11-13H,3-5,14H2,1-2H3;2-7H,8H2,1H3;1H,4-6H2,2H3/b13-9+;6-4+;. The van der Waals surface area contributed by atoms with Crippen LogP contribution in [0.1, 0.15) is 69.1 Å². The summed E-state index contributed by atoms with van der Waals surface area (Å²) in [4.78, 5) is 0. The molecule has 0 heterocycles. The highest BCUT2D eigenvalue weighted by Gasteiger charge is 1.93. The number of methoxy groups -OCH3 is 2. The molecule has 2 nitrogen and oxygen atoms in total. The topological polar surface area (TPSA) is 18.5 Å². The lowest BCUT2D eigenvalue weighted by atomic mass is 10.1. The van der Waals surface area contributed by atoms with Crippen LogP contribution in [0, 0.1) is 24.2 Å². The van der Waals surface area contributed by atoms with Crippen LogP contribution in [-0.4, -0.2) is 27.4 Å². The first-order chi connectivity index (χ1) is 17.1. The van der Waals surface area contributed by atoms with Gasteiger partial charge in [-0.05, 0) is 36.1 Å². The van der Waals surface area contributed by atoms with Gasteiger partial charge in [0.25, 0.3) is 0 Å². The SMILES string of the molecule is C#CCCCC.CCCCC#Cc1ccccc1/C=C/COC.COC/C=C/c1ccccc1Br. The number of benzene rings is 2. The monoisotopic (exact) mass is 536 g/mol. The minimum Gasteiger partial charge on any atom is -0.381 e. The van der Waals surface area contributed by atoms with Crippen LogP contribution < -0.4 is 0 Å². The third-order valence-electron chi connectivity index (χ3n) is 4.54. The fraction of sp³-hybridized carbons (Fsp3) is 0.375. The van der Waals surface area contributed by atoms with Gasteiger partial charge in [-0.2, -0.15) is 0 Å². The van der Waals surface area contributed by atoms with Gasteiger partial charge < -0.3 is 9.47 Å². The Morgan fingerprint density at radius 3 is 1.89 bits per heavy atom. The van der Waals surface area contributed by atoms with E-state index >= 15 is 0 Å². The number of terminal acetylenes is 1. The van der Waals surface area contributed by atoms with Crippen molar-refractivity contribution in [3.05, 3.63) is 81.8 Å². The smallest absolute Gasteiger partial charge is 0.0646 e. The first-order valence-electron chi connectivity index (χ1n) is 12.2. The lowest BCUT2D eigenvalue weighted by Crippen LogP contribution is -1.84. The largest absolute Gasteiger partial charge is 0.381 e. The Morgan fingerprint density at radius 2 is 1.34 bits per heavy atom. The van der Waals surface area contributed by atoms with Gasteiger partial charge in [0.05, 0.1) is 13.2 Å². The summed E-state index contributed by atoms with van der Waals surface area (Å²) in [6.07, 6.45) is 19.7. The molecule has 2 aromatic rings. The minimum atomic E-state index is 0.637. The maximum Gasteiger partial charge on any atom is 0.0646 e. The number of hydrogen-bond acceptors (Lipinski definition) is 2. The average Bonchev–Trinajstić information content (AvgIpc) is 2.88. The normalized spacial score (nSPS) is 9.94. The molecule has 2 rings (SSSR count). The van der Waals surface area contributed by atoms with Crippen LogP contribution in [0.4, 0.5) is 0 Å². The Labute approximate surface area is 223 Å². The van der Waals surface area contributed by atoms with E-state index in [-0.39, 0.29) is 0 Å². The predicted molar refractivity (Wildman–Crippen MR) is 157 cm³/mol. The summed E-state index contributed by atoms with van der Waals surface area (Å²) in [5.74, 6) is 9.02. The number of unbranched alkanes of at least 4 members (excludes halogenated alkanes) is 4. The second-order valence-corrected chi connectivity index (χ2v) is 8.39. The van der Waals surface area contributed by atoms with Gasteiger partial charge in [-0.3, -0.25) is 0 Å². The van der Waals surface area contributed by atoms with Crippen LogP contribution in [0.3, 0.4) is 0 Å². The van der Waals surface area contributed by atoms with Crippen LogP contribution in [0.15, 0.2) is 65.2 Å². The Morgan fingerprint density at radius 1 is 0.800 bits per heavy atom. The highest BCUT2D eigenvalue weighted by Crippen LogP contribution is 2.16. The highest BCUT2D eigenvalue weighted by atomic mass is 79.9. The van der Waals surface area contributed by atoms with Crippen molar-refractivity contribution in [2.75, 3.05) is 27.4 Å². The quantitative estimate of drug-likeness (QED) is 0.223. The maximum atomic E-state index is 4.99. The number of halogens is 1. The molecular formula is C32H41BrO2. The summed E-state index contributed by atoms with van der Waals surface area (Å²) in [6.45, 7) is 5.61. The zero-order valence-corrected chi connectivity index (χ0v) is 23.4. The Balaban J connectivity index is 0.000000557. The van der Waals surface area contributed by atoms with Gasteiger partial charge in [0, 0.05) is 37.1 Å². The maximum absolute atomic E-state index is 4.99. The van der Waals surface area contributed by atoms with Crippen molar-refractivity contribution in [2.45, 2.75) is 52.4 Å². The molecule has 3 heteroatoms. The molecule has 0 aromatic heterocycles. The molecule has 0 bridgehead atoms. The molecule has 0 aliphatic heterocycles. The first kappa shape index (κ1) is 32.4. The fourth-order valence-corrected chi connectivity index (χ4v) is 3.03. The highest BCUT2D eigenvalue weighted by molar-refractivity contribution is 9.10. The van der Waals surface area contributed by atoms with E-state index in [1.807, 2.05) is 48.6 Å². The van der Waals surface area contributed by atoms with Crippen molar-refractivity contribution in [2.24, 2.45) is 0 Å². The second kappa shape index (κ2) is 24.6. The van der Waals surface area contributed by atoms with Crippen molar-refractivity contribution < 1.29 is 9.47 Å². The van der Waals surface area contributed by atoms with E-state index in [4.69, 9.17) is 15.9 Å². The van der Waals surface area contributed by atoms with Crippen molar-refractivity contribution in [3.8, 4) is 24.2 Å². The van der Waals surface area contributed by atoms with E-state index in [0.29, 0.717) is 13.2 Å². The number of hydrogen-bond donors (Lipinski definition) is 0. The molecule has 0 N–H and O–H groups in total. The zero-order valence-electron chi connectivity index (χ0n) is 21.9. The molecule has 0 saturated carbocycles. The van der Waals surface area contributed by atoms with Crippen LogP contribution in [0.5, 0.6) is 0 Å². The number of rotatable bonds is 10. The van der Waals surface area contributed by atoms with Gasteiger partial charge in [-0.15, -0.1) is 12.3 Å². The van der Waals surface area contributed by atoms with E-state index in [1.54, 1.807) is 14.2 Å². The van der Waals surface area contributed by atoms with E-state index in [0.717, 1.165) is 28.4 Å². The number of ether oxygens (including phenoxy) is 2. The molecular weight excluding hydrogens is 496 g/mol. The Kier molecular flexibility index (Phi) is 22.8. The van der Waals surface area contributed by atoms with Gasteiger partial charge in [-0.1, -0.05) is 115 Å². The Bertz CT molecular complexity index is 942. The molecule has 0 amide bonds. The van der Waals surface area contributed by atoms with Crippen molar-refractivity contribution in [1.29, 1.82) is 0 Å². The molecule has 35 heavy (non-hydrogen) atoms. The van der Waals surface area contributed by atoms with Gasteiger partial charge >= 0.3 is 0 Å². The third kappa shape index (κ3) is 18.4. The van der Waals surface area contributed by atoms with E-state index in [2.05, 4.69) is 71.8 Å². The second-order valence-electron chi connectivity index (χ2n) is 7.54. The van der Waals surface area contributed by atoms with E-state index < -0.39 is 0 Å². The van der Waals surface area contributed by atoms with Crippen LogP contribution in [0.2, 0.25) is 0 Å². The van der Waals surface area contributed by atoms with Gasteiger partial charge in [-0.25, -0.2) is 0 Å².